The van der Waals surface area contributed by atoms with Crippen LogP contribution in [0.25, 0.3) is 22.2 Å². The highest BCUT2D eigenvalue weighted by molar-refractivity contribution is 5.97. The minimum absolute atomic E-state index is 0.0207. The summed E-state index contributed by atoms with van der Waals surface area (Å²) < 4.78 is 0. The summed E-state index contributed by atoms with van der Waals surface area (Å²) in [5, 5.41) is 18.8. The number of piperidine rings is 1. The van der Waals surface area contributed by atoms with Crippen molar-refractivity contribution >= 4 is 28.6 Å². The van der Waals surface area contributed by atoms with Crippen molar-refractivity contribution in [2.45, 2.75) is 32.2 Å². The topological polar surface area (TPSA) is 108 Å². The second kappa shape index (κ2) is 9.65. The molecule has 0 aliphatic carbocycles. The van der Waals surface area contributed by atoms with Crippen molar-refractivity contribution in [1.82, 2.24) is 30.0 Å². The van der Waals surface area contributed by atoms with Gasteiger partial charge in [-0.05, 0) is 58.0 Å². The Labute approximate surface area is 228 Å². The zero-order chi connectivity index (χ0) is 27.3. The molecule has 3 saturated heterocycles. The number of likely N-dealkylation sites (tertiary alicyclic amines) is 1. The molecule has 1 unspecified atom stereocenters. The van der Waals surface area contributed by atoms with Crippen LogP contribution in [0.1, 0.15) is 30.4 Å². The average molecular weight is 526 g/mol. The SMILES string of the molecule is C=CC(=O)N1CC2(CCN(c3nc(N4CCCC(N(C)C)C4)nc(-c4c(C)ccc5[nH]ncc45)c3C#N)C2)C1. The lowest BCUT2D eigenvalue weighted by Gasteiger charge is -2.47. The number of amides is 1. The van der Waals surface area contributed by atoms with Crippen molar-refractivity contribution in [1.29, 1.82) is 5.26 Å². The molecule has 10 nitrogen and oxygen atoms in total. The number of nitriles is 1. The summed E-state index contributed by atoms with van der Waals surface area (Å²) in [4.78, 5) is 30.9. The van der Waals surface area contributed by atoms with Crippen molar-refractivity contribution in [2.24, 2.45) is 5.41 Å². The summed E-state index contributed by atoms with van der Waals surface area (Å²) in [6.07, 6.45) is 6.35. The molecule has 0 saturated carbocycles. The number of rotatable bonds is 5. The second-order valence-corrected chi connectivity index (χ2v) is 11.5. The van der Waals surface area contributed by atoms with Crippen LogP contribution in [-0.2, 0) is 4.79 Å². The molecule has 0 radical (unpaired) electrons. The Morgan fingerprint density at radius 2 is 2.05 bits per heavy atom. The Balaban J connectivity index is 1.45. The van der Waals surface area contributed by atoms with E-state index < -0.39 is 0 Å². The van der Waals surface area contributed by atoms with Gasteiger partial charge in [0.15, 0.2) is 5.82 Å². The quantitative estimate of drug-likeness (QED) is 0.507. The molecule has 1 atom stereocenters. The summed E-state index contributed by atoms with van der Waals surface area (Å²) in [6.45, 7) is 10.4. The van der Waals surface area contributed by atoms with Gasteiger partial charge in [0.05, 0.1) is 17.4 Å². The molecular weight excluding hydrogens is 490 g/mol. The number of aryl methyl sites for hydroxylation is 1. The predicted octanol–water partition coefficient (Wildman–Crippen LogP) is 2.96. The van der Waals surface area contributed by atoms with E-state index in [-0.39, 0.29) is 11.3 Å². The molecule has 1 N–H and O–H groups in total. The van der Waals surface area contributed by atoms with Crippen LogP contribution in [0.5, 0.6) is 0 Å². The smallest absolute Gasteiger partial charge is 0.245 e. The van der Waals surface area contributed by atoms with Crippen molar-refractivity contribution in [3.8, 4) is 17.3 Å². The van der Waals surface area contributed by atoms with Gasteiger partial charge in [-0.25, -0.2) is 4.98 Å². The number of benzene rings is 1. The molecule has 1 spiro atoms. The zero-order valence-corrected chi connectivity index (χ0v) is 22.9. The Kier molecular flexibility index (Phi) is 6.26. The largest absolute Gasteiger partial charge is 0.355 e. The fourth-order valence-electron chi connectivity index (χ4n) is 6.51. The van der Waals surface area contributed by atoms with E-state index in [1.54, 1.807) is 0 Å². The third-order valence-electron chi connectivity index (χ3n) is 8.75. The van der Waals surface area contributed by atoms with E-state index in [9.17, 15) is 10.1 Å². The van der Waals surface area contributed by atoms with Crippen LogP contribution >= 0.6 is 0 Å². The van der Waals surface area contributed by atoms with Gasteiger partial charge in [0.1, 0.15) is 11.6 Å². The van der Waals surface area contributed by atoms with Gasteiger partial charge in [-0.2, -0.15) is 15.3 Å². The maximum atomic E-state index is 12.1. The molecule has 1 aromatic carbocycles. The van der Waals surface area contributed by atoms with Gasteiger partial charge in [-0.15, -0.1) is 0 Å². The van der Waals surface area contributed by atoms with Crippen molar-refractivity contribution < 1.29 is 4.79 Å². The number of H-pyrrole nitrogens is 1. The average Bonchev–Trinajstić information content (AvgIpc) is 3.59. The molecule has 0 bridgehead atoms. The molecule has 1 amide bonds. The Morgan fingerprint density at radius 1 is 1.23 bits per heavy atom. The van der Waals surface area contributed by atoms with Gasteiger partial charge in [-0.1, -0.05) is 12.6 Å². The number of nitrogens with one attached hydrogen (secondary N) is 1. The van der Waals surface area contributed by atoms with Gasteiger partial charge >= 0.3 is 0 Å². The third-order valence-corrected chi connectivity index (χ3v) is 8.75. The molecule has 10 heteroatoms. The summed E-state index contributed by atoms with van der Waals surface area (Å²) >= 11 is 0. The number of nitrogens with zero attached hydrogens (tertiary/aromatic N) is 8. The van der Waals surface area contributed by atoms with Crippen LogP contribution in [0, 0.1) is 23.7 Å². The highest BCUT2D eigenvalue weighted by Crippen LogP contribution is 2.43. The van der Waals surface area contributed by atoms with Gasteiger partial charge in [-0.3, -0.25) is 9.89 Å². The third kappa shape index (κ3) is 4.31. The number of carbonyl (C=O) groups is 1. The van der Waals surface area contributed by atoms with Crippen molar-refractivity contribution in [3.63, 3.8) is 0 Å². The standard InChI is InChI=1S/C29H35N9O/c1-5-24(39)38-17-29(18-38)10-12-37(16-29)27-21(13-30)26(25-19(2)8-9-23-22(25)14-31-34-23)32-28(33-27)36-11-6-7-20(15-36)35(3)4/h5,8-9,14,20H,1,6-7,10-12,15-18H2,2-4H3,(H,31,34). The summed E-state index contributed by atoms with van der Waals surface area (Å²) in [7, 11) is 4.24. The molecule has 3 aliphatic heterocycles. The Morgan fingerprint density at radius 3 is 2.79 bits per heavy atom. The first kappa shape index (κ1) is 25.3. The molecule has 2 aromatic heterocycles. The normalized spacial score (nSPS) is 20.5. The van der Waals surface area contributed by atoms with E-state index >= 15 is 0 Å². The number of aromatic amines is 1. The van der Waals surface area contributed by atoms with E-state index in [4.69, 9.17) is 9.97 Å². The van der Waals surface area contributed by atoms with E-state index in [1.165, 1.54) is 6.08 Å². The number of fused-ring (bicyclic) bond motifs is 1. The molecule has 39 heavy (non-hydrogen) atoms. The van der Waals surface area contributed by atoms with Crippen LogP contribution in [-0.4, -0.2) is 95.3 Å². The highest BCUT2D eigenvalue weighted by atomic mass is 16.2. The maximum Gasteiger partial charge on any atom is 0.245 e. The molecule has 6 rings (SSSR count). The van der Waals surface area contributed by atoms with Crippen molar-refractivity contribution in [3.05, 3.63) is 42.1 Å². The van der Waals surface area contributed by atoms with Gasteiger partial charge < -0.3 is 19.6 Å². The monoisotopic (exact) mass is 525 g/mol. The molecular formula is C29H35N9O. The lowest BCUT2D eigenvalue weighted by molar-refractivity contribution is -0.136. The van der Waals surface area contributed by atoms with E-state index in [1.807, 2.05) is 23.2 Å². The highest BCUT2D eigenvalue weighted by Gasteiger charge is 2.49. The fourth-order valence-corrected chi connectivity index (χ4v) is 6.51. The number of likely N-dealkylation sites (N-methyl/N-ethyl adjacent to an activating group) is 1. The van der Waals surface area contributed by atoms with E-state index in [0.717, 1.165) is 67.5 Å². The lowest BCUT2D eigenvalue weighted by atomic mass is 9.79. The first-order chi connectivity index (χ1) is 18.8. The van der Waals surface area contributed by atoms with E-state index in [0.29, 0.717) is 42.2 Å². The molecule has 5 heterocycles. The van der Waals surface area contributed by atoms with Gasteiger partial charge in [0, 0.05) is 61.7 Å². The Hall–Kier alpha value is -3.97. The number of anilines is 2. The van der Waals surface area contributed by atoms with Crippen LogP contribution in [0.3, 0.4) is 0 Å². The van der Waals surface area contributed by atoms with E-state index in [2.05, 4.69) is 58.6 Å². The molecule has 3 fully saturated rings. The maximum absolute atomic E-state index is 12.1. The van der Waals surface area contributed by atoms with Gasteiger partial charge in [0.2, 0.25) is 11.9 Å². The molecule has 3 aliphatic rings. The Bertz CT molecular complexity index is 1480. The summed E-state index contributed by atoms with van der Waals surface area (Å²) in [5.74, 6) is 1.34. The van der Waals surface area contributed by atoms with Crippen LogP contribution in [0.4, 0.5) is 11.8 Å². The minimum atomic E-state index is -0.0207. The van der Waals surface area contributed by atoms with Crippen molar-refractivity contribution in [2.75, 3.05) is 63.2 Å². The number of aromatic nitrogens is 4. The molecule has 202 valence electrons. The summed E-state index contributed by atoms with van der Waals surface area (Å²) in [6, 6.07) is 6.96. The molecule has 3 aromatic rings. The first-order valence-corrected chi connectivity index (χ1v) is 13.7. The fraction of sp³-hybridized carbons (Fsp3) is 0.483. The lowest BCUT2D eigenvalue weighted by Crippen LogP contribution is -2.59. The second-order valence-electron chi connectivity index (χ2n) is 11.5. The number of hydrogen-bond donors (Lipinski definition) is 1. The zero-order valence-electron chi connectivity index (χ0n) is 22.9. The van der Waals surface area contributed by atoms with Crippen LogP contribution in [0.15, 0.2) is 31.0 Å². The minimum Gasteiger partial charge on any atom is -0.355 e. The van der Waals surface area contributed by atoms with Gasteiger partial charge in [0.25, 0.3) is 0 Å². The summed E-state index contributed by atoms with van der Waals surface area (Å²) in [5.41, 5.74) is 4.05. The predicted molar refractivity (Wildman–Crippen MR) is 152 cm³/mol. The number of hydrogen-bond acceptors (Lipinski definition) is 8. The van der Waals surface area contributed by atoms with Crippen LogP contribution in [0.2, 0.25) is 0 Å². The number of carbonyl (C=O) groups excluding carboxylic acids is 1. The first-order valence-electron chi connectivity index (χ1n) is 13.7. The van der Waals surface area contributed by atoms with Crippen LogP contribution < -0.4 is 9.80 Å².